The number of rotatable bonds is 9. The van der Waals surface area contributed by atoms with Crippen molar-refractivity contribution in [1.29, 1.82) is 0 Å². The molecule has 0 aromatic heterocycles. The van der Waals surface area contributed by atoms with E-state index in [9.17, 15) is 9.59 Å². The molecule has 7 heteroatoms. The van der Waals surface area contributed by atoms with Gasteiger partial charge in [0.05, 0.1) is 0 Å². The third kappa shape index (κ3) is 5.88. The van der Waals surface area contributed by atoms with Crippen LogP contribution < -0.4 is 10.1 Å². The first-order valence-electron chi connectivity index (χ1n) is 9.15. The number of para-hydroxylation sites is 1. The Kier molecular flexibility index (Phi) is 8.61. The van der Waals surface area contributed by atoms with Crippen molar-refractivity contribution < 1.29 is 14.3 Å². The molecule has 5 nitrogen and oxygen atoms in total. The fourth-order valence-corrected chi connectivity index (χ4v) is 3.33. The molecular formula is C21H24Cl2N2O3. The van der Waals surface area contributed by atoms with Crippen molar-refractivity contribution in [3.63, 3.8) is 0 Å². The summed E-state index contributed by atoms with van der Waals surface area (Å²) in [6, 6.07) is 13.5. The summed E-state index contributed by atoms with van der Waals surface area (Å²) < 4.78 is 5.59. The lowest BCUT2D eigenvalue weighted by Crippen LogP contribution is -2.50. The lowest BCUT2D eigenvalue weighted by atomic mass is 10.1. The highest BCUT2D eigenvalue weighted by Crippen LogP contribution is 2.27. The number of hydrogen-bond acceptors (Lipinski definition) is 3. The van der Waals surface area contributed by atoms with Gasteiger partial charge in [-0.05, 0) is 37.6 Å². The molecule has 1 N–H and O–H groups in total. The van der Waals surface area contributed by atoms with Gasteiger partial charge in [-0.2, -0.15) is 0 Å². The number of carbonyl (C=O) groups is 2. The van der Waals surface area contributed by atoms with E-state index in [1.165, 1.54) is 4.90 Å². The summed E-state index contributed by atoms with van der Waals surface area (Å²) in [5, 5.41) is 3.67. The molecule has 0 aliphatic rings. The smallest absolute Gasteiger partial charge is 0.261 e. The van der Waals surface area contributed by atoms with Crippen LogP contribution in [0, 0.1) is 0 Å². The minimum atomic E-state index is -0.654. The third-order valence-electron chi connectivity index (χ3n) is 4.23. The molecule has 0 fully saturated rings. The van der Waals surface area contributed by atoms with Gasteiger partial charge in [0.2, 0.25) is 5.91 Å². The maximum absolute atomic E-state index is 13.0. The Morgan fingerprint density at radius 3 is 2.25 bits per heavy atom. The van der Waals surface area contributed by atoms with E-state index in [1.54, 1.807) is 30.3 Å². The molecule has 150 valence electrons. The highest BCUT2D eigenvalue weighted by atomic mass is 35.5. The van der Waals surface area contributed by atoms with Gasteiger partial charge in [-0.1, -0.05) is 54.4 Å². The predicted molar refractivity (Wildman–Crippen MR) is 112 cm³/mol. The molecule has 28 heavy (non-hydrogen) atoms. The first-order valence-corrected chi connectivity index (χ1v) is 9.91. The molecule has 2 amide bonds. The number of halogens is 2. The van der Waals surface area contributed by atoms with Crippen LogP contribution in [0.5, 0.6) is 5.75 Å². The van der Waals surface area contributed by atoms with Crippen LogP contribution in [0.4, 0.5) is 0 Å². The minimum Gasteiger partial charge on any atom is -0.484 e. The summed E-state index contributed by atoms with van der Waals surface area (Å²) in [5.41, 5.74) is 0.599. The standard InChI is InChI=1S/C21H24Cl2N2O3/c1-3-19(21(27)24-4-2)25(13-16-17(22)11-8-12-18(16)23)20(26)14-28-15-9-6-5-7-10-15/h5-12,19H,3-4,13-14H2,1-2H3,(H,24,27)/t19-/m0/s1. The quantitative estimate of drug-likeness (QED) is 0.654. The topological polar surface area (TPSA) is 58.6 Å². The molecule has 0 radical (unpaired) electrons. The Morgan fingerprint density at radius 1 is 1.04 bits per heavy atom. The highest BCUT2D eigenvalue weighted by Gasteiger charge is 2.29. The van der Waals surface area contributed by atoms with Gasteiger partial charge in [-0.25, -0.2) is 0 Å². The predicted octanol–water partition coefficient (Wildman–Crippen LogP) is 4.32. The van der Waals surface area contributed by atoms with Gasteiger partial charge in [0.15, 0.2) is 6.61 Å². The van der Waals surface area contributed by atoms with E-state index in [2.05, 4.69) is 5.32 Å². The molecule has 0 bridgehead atoms. The fraction of sp³-hybridized carbons (Fsp3) is 0.333. The summed E-state index contributed by atoms with van der Waals surface area (Å²) in [4.78, 5) is 27.0. The minimum absolute atomic E-state index is 0.116. The Bertz CT molecular complexity index is 779. The van der Waals surface area contributed by atoms with Gasteiger partial charge in [0, 0.05) is 28.7 Å². The summed E-state index contributed by atoms with van der Waals surface area (Å²) in [6.45, 7) is 4.09. The number of carbonyl (C=O) groups excluding carboxylic acids is 2. The van der Waals surface area contributed by atoms with E-state index in [1.807, 2.05) is 32.0 Å². The largest absolute Gasteiger partial charge is 0.484 e. The van der Waals surface area contributed by atoms with Crippen molar-refractivity contribution in [2.24, 2.45) is 0 Å². The summed E-state index contributed by atoms with van der Waals surface area (Å²) in [5.74, 6) is 0.0387. The van der Waals surface area contributed by atoms with Gasteiger partial charge in [-0.15, -0.1) is 0 Å². The van der Waals surface area contributed by atoms with Gasteiger partial charge in [0.25, 0.3) is 5.91 Å². The zero-order valence-corrected chi connectivity index (χ0v) is 17.5. The number of nitrogens with zero attached hydrogens (tertiary/aromatic N) is 1. The van der Waals surface area contributed by atoms with E-state index in [0.717, 1.165) is 0 Å². The number of benzene rings is 2. The molecule has 2 aromatic carbocycles. The second-order valence-electron chi connectivity index (χ2n) is 6.14. The number of hydrogen-bond donors (Lipinski definition) is 1. The summed E-state index contributed by atoms with van der Waals surface area (Å²) in [7, 11) is 0. The molecule has 0 saturated heterocycles. The summed E-state index contributed by atoms with van der Waals surface area (Å²) in [6.07, 6.45) is 0.449. The van der Waals surface area contributed by atoms with Crippen LogP contribution in [0.2, 0.25) is 10.0 Å². The third-order valence-corrected chi connectivity index (χ3v) is 4.94. The summed E-state index contributed by atoms with van der Waals surface area (Å²) >= 11 is 12.6. The molecule has 2 aromatic rings. The second-order valence-corrected chi connectivity index (χ2v) is 6.96. The first-order chi connectivity index (χ1) is 13.5. The van der Waals surface area contributed by atoms with Gasteiger partial charge >= 0.3 is 0 Å². The zero-order chi connectivity index (χ0) is 20.5. The molecule has 0 aliphatic carbocycles. The van der Waals surface area contributed by atoms with Crippen molar-refractivity contribution in [2.45, 2.75) is 32.9 Å². The Morgan fingerprint density at radius 2 is 1.68 bits per heavy atom. The fourth-order valence-electron chi connectivity index (χ4n) is 2.81. The normalized spacial score (nSPS) is 11.6. The molecule has 0 unspecified atom stereocenters. The van der Waals surface area contributed by atoms with Crippen LogP contribution in [0.25, 0.3) is 0 Å². The maximum atomic E-state index is 13.0. The zero-order valence-electron chi connectivity index (χ0n) is 16.0. The van der Waals surface area contributed by atoms with Crippen LogP contribution in [0.1, 0.15) is 25.8 Å². The molecule has 2 rings (SSSR count). The molecule has 0 aliphatic heterocycles. The average molecular weight is 423 g/mol. The van der Waals surface area contributed by atoms with E-state index in [0.29, 0.717) is 34.3 Å². The van der Waals surface area contributed by atoms with Crippen molar-refractivity contribution in [3.05, 3.63) is 64.1 Å². The molecule has 0 spiro atoms. The van der Waals surface area contributed by atoms with Gasteiger partial charge in [0.1, 0.15) is 11.8 Å². The van der Waals surface area contributed by atoms with Crippen molar-refractivity contribution >= 4 is 35.0 Å². The first kappa shape index (κ1) is 22.1. The van der Waals surface area contributed by atoms with Gasteiger partial charge < -0.3 is 15.0 Å². The van der Waals surface area contributed by atoms with Crippen LogP contribution in [-0.2, 0) is 16.1 Å². The molecular weight excluding hydrogens is 399 g/mol. The van der Waals surface area contributed by atoms with Crippen molar-refractivity contribution in [2.75, 3.05) is 13.2 Å². The Balaban J connectivity index is 2.26. The van der Waals surface area contributed by atoms with E-state index in [4.69, 9.17) is 27.9 Å². The van der Waals surface area contributed by atoms with Crippen LogP contribution in [0.3, 0.4) is 0 Å². The highest BCUT2D eigenvalue weighted by molar-refractivity contribution is 6.36. The molecule has 0 saturated carbocycles. The number of amides is 2. The average Bonchev–Trinajstić information content (AvgIpc) is 2.69. The van der Waals surface area contributed by atoms with E-state index < -0.39 is 6.04 Å². The number of nitrogens with one attached hydrogen (secondary N) is 1. The van der Waals surface area contributed by atoms with Gasteiger partial charge in [-0.3, -0.25) is 9.59 Å². The van der Waals surface area contributed by atoms with Crippen molar-refractivity contribution in [3.8, 4) is 5.75 Å². The monoisotopic (exact) mass is 422 g/mol. The maximum Gasteiger partial charge on any atom is 0.261 e. The number of ether oxygens (including phenoxy) is 1. The van der Waals surface area contributed by atoms with Crippen LogP contribution in [0.15, 0.2) is 48.5 Å². The Labute approximate surface area is 175 Å². The molecule has 1 atom stereocenters. The van der Waals surface area contributed by atoms with Crippen LogP contribution >= 0.6 is 23.2 Å². The van der Waals surface area contributed by atoms with Crippen LogP contribution in [-0.4, -0.2) is 35.9 Å². The van der Waals surface area contributed by atoms with E-state index in [-0.39, 0.29) is 25.0 Å². The number of likely N-dealkylation sites (N-methyl/N-ethyl adjacent to an activating group) is 1. The molecule has 0 heterocycles. The van der Waals surface area contributed by atoms with Crippen molar-refractivity contribution in [1.82, 2.24) is 10.2 Å². The SMILES string of the molecule is CCNC(=O)[C@H](CC)N(Cc1c(Cl)cccc1Cl)C(=O)COc1ccccc1. The lowest BCUT2D eigenvalue weighted by molar-refractivity contribution is -0.142. The lowest BCUT2D eigenvalue weighted by Gasteiger charge is -2.31. The Hall–Kier alpha value is -2.24. The second kappa shape index (κ2) is 10.9. The van der Waals surface area contributed by atoms with E-state index >= 15 is 0 Å².